The molecular weight excluding hydrogens is 294 g/mol. The fourth-order valence-electron chi connectivity index (χ4n) is 2.39. The highest BCUT2D eigenvalue weighted by molar-refractivity contribution is 6.05. The summed E-state index contributed by atoms with van der Waals surface area (Å²) in [5.41, 5.74) is 3.02. The number of amides is 1. The fourth-order valence-corrected chi connectivity index (χ4v) is 2.39. The van der Waals surface area contributed by atoms with Crippen molar-refractivity contribution in [2.24, 2.45) is 7.05 Å². The molecule has 23 heavy (non-hydrogen) atoms. The number of hydrogen-bond acceptors (Lipinski definition) is 4. The number of nitrogens with zero attached hydrogens (tertiary/aromatic N) is 2. The summed E-state index contributed by atoms with van der Waals surface area (Å²) in [6.07, 6.45) is 1.74. The van der Waals surface area contributed by atoms with E-state index in [0.29, 0.717) is 22.7 Å². The molecule has 0 bridgehead atoms. The van der Waals surface area contributed by atoms with E-state index in [9.17, 15) is 4.79 Å². The van der Waals surface area contributed by atoms with Crippen LogP contribution in [0.4, 0.5) is 5.69 Å². The number of hydrogen-bond donors (Lipinski definition) is 1. The van der Waals surface area contributed by atoms with Gasteiger partial charge in [0.05, 0.1) is 31.6 Å². The first-order chi connectivity index (χ1) is 11.1. The molecule has 0 atom stereocenters. The predicted octanol–water partition coefficient (Wildman–Crippen LogP) is 2.84. The number of fused-ring (bicyclic) bond motifs is 1. The molecule has 0 spiro atoms. The number of nitrogens with one attached hydrogen (secondary N) is 1. The molecule has 1 amide bonds. The van der Waals surface area contributed by atoms with Gasteiger partial charge in [-0.2, -0.15) is 0 Å². The SMILES string of the molecule is COc1ccc(C(=O)Nc2ccc3c(c2)ncn3C)cc1OC. The van der Waals surface area contributed by atoms with Crippen molar-refractivity contribution in [1.82, 2.24) is 9.55 Å². The van der Waals surface area contributed by atoms with Gasteiger partial charge >= 0.3 is 0 Å². The number of carbonyl (C=O) groups excluding carboxylic acids is 1. The van der Waals surface area contributed by atoms with Crippen molar-refractivity contribution in [2.75, 3.05) is 19.5 Å². The topological polar surface area (TPSA) is 65.4 Å². The van der Waals surface area contributed by atoms with Gasteiger partial charge in [0.15, 0.2) is 11.5 Å². The predicted molar refractivity (Wildman–Crippen MR) is 88.2 cm³/mol. The highest BCUT2D eigenvalue weighted by Gasteiger charge is 2.11. The number of ether oxygens (including phenoxy) is 2. The minimum absolute atomic E-state index is 0.221. The second-order valence-corrected chi connectivity index (χ2v) is 5.08. The Hall–Kier alpha value is -3.02. The van der Waals surface area contributed by atoms with E-state index < -0.39 is 0 Å². The number of imidazole rings is 1. The zero-order chi connectivity index (χ0) is 16.4. The van der Waals surface area contributed by atoms with Crippen molar-refractivity contribution in [2.45, 2.75) is 0 Å². The van der Waals surface area contributed by atoms with Gasteiger partial charge in [-0.3, -0.25) is 4.79 Å². The quantitative estimate of drug-likeness (QED) is 0.804. The zero-order valence-corrected chi connectivity index (χ0v) is 13.2. The second-order valence-electron chi connectivity index (χ2n) is 5.08. The average Bonchev–Trinajstić information content (AvgIpc) is 2.94. The van der Waals surface area contributed by atoms with Gasteiger partial charge in [-0.05, 0) is 36.4 Å². The van der Waals surface area contributed by atoms with Gasteiger partial charge in [0.25, 0.3) is 5.91 Å². The summed E-state index contributed by atoms with van der Waals surface area (Å²) in [5.74, 6) is 0.875. The van der Waals surface area contributed by atoms with Gasteiger partial charge in [-0.15, -0.1) is 0 Å². The third-order valence-corrected chi connectivity index (χ3v) is 3.63. The van der Waals surface area contributed by atoms with Crippen LogP contribution in [0, 0.1) is 0 Å². The van der Waals surface area contributed by atoms with E-state index in [1.165, 1.54) is 7.11 Å². The normalized spacial score (nSPS) is 10.6. The van der Waals surface area contributed by atoms with E-state index in [0.717, 1.165) is 11.0 Å². The molecule has 3 rings (SSSR count). The number of aryl methyl sites for hydroxylation is 1. The summed E-state index contributed by atoms with van der Waals surface area (Å²) in [5, 5.41) is 2.86. The lowest BCUT2D eigenvalue weighted by Gasteiger charge is -2.10. The molecule has 6 nitrogen and oxygen atoms in total. The molecule has 3 aromatic rings. The maximum absolute atomic E-state index is 12.4. The Kier molecular flexibility index (Phi) is 3.89. The molecule has 0 aliphatic carbocycles. The monoisotopic (exact) mass is 311 g/mol. The number of rotatable bonds is 4. The van der Waals surface area contributed by atoms with Gasteiger partial charge in [0.1, 0.15) is 0 Å². The number of anilines is 1. The van der Waals surface area contributed by atoms with Gasteiger partial charge in [-0.1, -0.05) is 0 Å². The lowest BCUT2D eigenvalue weighted by atomic mass is 10.1. The van der Waals surface area contributed by atoms with Crippen LogP contribution in [0.3, 0.4) is 0 Å². The minimum atomic E-state index is -0.221. The molecule has 1 aromatic heterocycles. The molecule has 6 heteroatoms. The van der Waals surface area contributed by atoms with Crippen LogP contribution in [-0.4, -0.2) is 29.7 Å². The van der Waals surface area contributed by atoms with Gasteiger partial charge in [0, 0.05) is 18.3 Å². The molecular formula is C17H17N3O3. The van der Waals surface area contributed by atoms with Crippen molar-refractivity contribution in [1.29, 1.82) is 0 Å². The second kappa shape index (κ2) is 6.00. The highest BCUT2D eigenvalue weighted by Crippen LogP contribution is 2.28. The molecule has 118 valence electrons. The van der Waals surface area contributed by atoms with E-state index in [1.54, 1.807) is 31.6 Å². The van der Waals surface area contributed by atoms with Crippen molar-refractivity contribution in [3.63, 3.8) is 0 Å². The van der Waals surface area contributed by atoms with Crippen LogP contribution in [0.1, 0.15) is 10.4 Å². The Balaban J connectivity index is 1.85. The summed E-state index contributed by atoms with van der Waals surface area (Å²) < 4.78 is 12.3. The number of carbonyl (C=O) groups is 1. The molecule has 0 fully saturated rings. The van der Waals surface area contributed by atoms with Crippen LogP contribution >= 0.6 is 0 Å². The standard InChI is InChI=1S/C17H17N3O3/c1-20-10-18-13-9-12(5-6-14(13)20)19-17(21)11-4-7-15(22-2)16(8-11)23-3/h4-10H,1-3H3,(H,19,21). The van der Waals surface area contributed by atoms with Gasteiger partial charge in [0.2, 0.25) is 0 Å². The Labute approximate surface area is 133 Å². The molecule has 0 saturated heterocycles. The van der Waals surface area contributed by atoms with E-state index >= 15 is 0 Å². The first-order valence-electron chi connectivity index (χ1n) is 7.07. The van der Waals surface area contributed by atoms with Crippen LogP contribution in [0.5, 0.6) is 11.5 Å². The number of benzene rings is 2. The van der Waals surface area contributed by atoms with Crippen LogP contribution in [0.25, 0.3) is 11.0 Å². The fraction of sp³-hybridized carbons (Fsp3) is 0.176. The van der Waals surface area contributed by atoms with Crippen LogP contribution in [0.15, 0.2) is 42.7 Å². The molecule has 1 N–H and O–H groups in total. The Morgan fingerprint density at radius 1 is 1.09 bits per heavy atom. The molecule has 0 saturated carbocycles. The third-order valence-electron chi connectivity index (χ3n) is 3.63. The summed E-state index contributed by atoms with van der Waals surface area (Å²) in [6, 6.07) is 10.7. The van der Waals surface area contributed by atoms with Crippen LogP contribution in [-0.2, 0) is 7.05 Å². The summed E-state index contributed by atoms with van der Waals surface area (Å²) >= 11 is 0. The lowest BCUT2D eigenvalue weighted by Crippen LogP contribution is -2.12. The Morgan fingerprint density at radius 2 is 1.87 bits per heavy atom. The molecule has 2 aromatic carbocycles. The Bertz CT molecular complexity index is 871. The lowest BCUT2D eigenvalue weighted by molar-refractivity contribution is 0.102. The van der Waals surface area contributed by atoms with Gasteiger partial charge < -0.3 is 19.4 Å². The average molecular weight is 311 g/mol. The van der Waals surface area contributed by atoms with Crippen LogP contribution < -0.4 is 14.8 Å². The Morgan fingerprint density at radius 3 is 2.61 bits per heavy atom. The van der Waals surface area contributed by atoms with Crippen molar-refractivity contribution < 1.29 is 14.3 Å². The molecule has 0 aliphatic rings. The smallest absolute Gasteiger partial charge is 0.255 e. The van der Waals surface area contributed by atoms with E-state index in [-0.39, 0.29) is 5.91 Å². The number of methoxy groups -OCH3 is 2. The summed E-state index contributed by atoms with van der Waals surface area (Å²) in [6.45, 7) is 0. The molecule has 1 heterocycles. The largest absolute Gasteiger partial charge is 0.493 e. The number of aromatic nitrogens is 2. The van der Waals surface area contributed by atoms with Gasteiger partial charge in [-0.25, -0.2) is 4.98 Å². The van der Waals surface area contributed by atoms with E-state index in [2.05, 4.69) is 10.3 Å². The maximum atomic E-state index is 12.4. The zero-order valence-electron chi connectivity index (χ0n) is 13.2. The van der Waals surface area contributed by atoms with E-state index in [4.69, 9.17) is 9.47 Å². The third kappa shape index (κ3) is 2.83. The first kappa shape index (κ1) is 14.9. The summed E-state index contributed by atoms with van der Waals surface area (Å²) in [7, 11) is 5.02. The van der Waals surface area contributed by atoms with Crippen molar-refractivity contribution in [3.05, 3.63) is 48.3 Å². The molecule has 0 radical (unpaired) electrons. The maximum Gasteiger partial charge on any atom is 0.255 e. The van der Waals surface area contributed by atoms with Crippen molar-refractivity contribution >= 4 is 22.6 Å². The van der Waals surface area contributed by atoms with Crippen molar-refractivity contribution in [3.8, 4) is 11.5 Å². The molecule has 0 aliphatic heterocycles. The first-order valence-corrected chi connectivity index (χ1v) is 7.07. The highest BCUT2D eigenvalue weighted by atomic mass is 16.5. The van der Waals surface area contributed by atoms with E-state index in [1.807, 2.05) is 29.8 Å². The summed E-state index contributed by atoms with van der Waals surface area (Å²) in [4.78, 5) is 16.7. The molecule has 0 unspecified atom stereocenters. The van der Waals surface area contributed by atoms with Crippen LogP contribution in [0.2, 0.25) is 0 Å². The minimum Gasteiger partial charge on any atom is -0.493 e.